The third-order valence-electron chi connectivity index (χ3n) is 1.20. The average molecular weight is 152 g/mol. The number of hydrogen-bond donors (Lipinski definition) is 1. The molecule has 0 aliphatic carbocycles. The molecule has 0 aliphatic rings. The van der Waals surface area contributed by atoms with E-state index < -0.39 is 0 Å². The van der Waals surface area contributed by atoms with Crippen molar-refractivity contribution in [2.75, 3.05) is 0 Å². The highest BCUT2D eigenvalue weighted by molar-refractivity contribution is 5.54. The SMILES string of the molecule is C=C(N)c1ccc(CN=O)o1. The molecule has 0 amide bonds. The predicted octanol–water partition coefficient (Wildman–Crippen LogP) is 1.48. The van der Waals surface area contributed by atoms with Gasteiger partial charge in [-0.3, -0.25) is 0 Å². The predicted molar refractivity (Wildman–Crippen MR) is 41.4 cm³/mol. The largest absolute Gasteiger partial charge is 0.457 e. The molecule has 0 unspecified atom stereocenters. The Labute approximate surface area is 63.7 Å². The van der Waals surface area contributed by atoms with Crippen LogP contribution in [0.3, 0.4) is 0 Å². The standard InChI is InChI=1S/C7H8N2O2/c1-5(8)7-3-2-6(11-7)4-9-10/h2-3H,1,4,8H2. The van der Waals surface area contributed by atoms with Crippen molar-refractivity contribution in [1.82, 2.24) is 0 Å². The van der Waals surface area contributed by atoms with Crippen LogP contribution in [0.5, 0.6) is 0 Å². The van der Waals surface area contributed by atoms with Gasteiger partial charge in [-0.15, -0.1) is 0 Å². The van der Waals surface area contributed by atoms with E-state index in [1.165, 1.54) is 0 Å². The van der Waals surface area contributed by atoms with Gasteiger partial charge in [-0.05, 0) is 12.1 Å². The van der Waals surface area contributed by atoms with Gasteiger partial charge in [0, 0.05) is 0 Å². The van der Waals surface area contributed by atoms with Gasteiger partial charge in [-0.25, -0.2) is 0 Å². The van der Waals surface area contributed by atoms with Crippen molar-refractivity contribution in [3.8, 4) is 0 Å². The lowest BCUT2D eigenvalue weighted by Crippen LogP contribution is -1.90. The normalized spacial score (nSPS) is 9.45. The molecule has 0 bridgehead atoms. The van der Waals surface area contributed by atoms with Crippen LogP contribution in [0.15, 0.2) is 28.3 Å². The fourth-order valence-corrected chi connectivity index (χ4v) is 0.699. The van der Waals surface area contributed by atoms with Crippen LogP contribution in [0.2, 0.25) is 0 Å². The summed E-state index contributed by atoms with van der Waals surface area (Å²) < 4.78 is 5.07. The minimum atomic E-state index is 0.0350. The first-order chi connectivity index (χ1) is 5.24. The van der Waals surface area contributed by atoms with E-state index in [2.05, 4.69) is 11.8 Å². The molecule has 4 nitrogen and oxygen atoms in total. The molecule has 1 aromatic rings. The molecule has 4 heteroatoms. The van der Waals surface area contributed by atoms with Crippen LogP contribution in [0, 0.1) is 4.91 Å². The number of nitrogens with two attached hydrogens (primary N) is 1. The first-order valence-electron chi connectivity index (χ1n) is 3.06. The molecule has 0 atom stereocenters. The van der Waals surface area contributed by atoms with E-state index in [-0.39, 0.29) is 6.54 Å². The smallest absolute Gasteiger partial charge is 0.149 e. The molecule has 1 rings (SSSR count). The zero-order chi connectivity index (χ0) is 8.27. The van der Waals surface area contributed by atoms with Gasteiger partial charge >= 0.3 is 0 Å². The Kier molecular flexibility index (Phi) is 2.06. The first kappa shape index (κ1) is 7.53. The second kappa shape index (κ2) is 3.01. The summed E-state index contributed by atoms with van der Waals surface area (Å²) in [6.45, 7) is 3.51. The summed E-state index contributed by atoms with van der Waals surface area (Å²) in [5, 5.41) is 2.66. The van der Waals surface area contributed by atoms with Crippen LogP contribution in [0.25, 0.3) is 5.70 Å². The van der Waals surface area contributed by atoms with Crippen molar-refractivity contribution in [3.05, 3.63) is 35.1 Å². The van der Waals surface area contributed by atoms with E-state index in [0.717, 1.165) is 0 Å². The zero-order valence-electron chi connectivity index (χ0n) is 5.91. The maximum absolute atomic E-state index is 9.79. The van der Waals surface area contributed by atoms with E-state index in [1.54, 1.807) is 12.1 Å². The molecule has 0 saturated heterocycles. The van der Waals surface area contributed by atoms with E-state index in [9.17, 15) is 4.91 Å². The summed E-state index contributed by atoms with van der Waals surface area (Å²) in [6, 6.07) is 3.30. The molecule has 0 saturated carbocycles. The quantitative estimate of drug-likeness (QED) is 0.667. The van der Waals surface area contributed by atoms with Gasteiger partial charge in [0.1, 0.15) is 18.1 Å². The molecule has 1 heterocycles. The van der Waals surface area contributed by atoms with E-state index in [0.29, 0.717) is 17.2 Å². The van der Waals surface area contributed by atoms with Crippen molar-refractivity contribution < 1.29 is 4.42 Å². The highest BCUT2D eigenvalue weighted by Crippen LogP contribution is 2.12. The third kappa shape index (κ3) is 1.67. The third-order valence-corrected chi connectivity index (χ3v) is 1.20. The van der Waals surface area contributed by atoms with Crippen molar-refractivity contribution in [2.24, 2.45) is 10.9 Å². The fourth-order valence-electron chi connectivity index (χ4n) is 0.699. The minimum Gasteiger partial charge on any atom is -0.457 e. The van der Waals surface area contributed by atoms with Crippen LogP contribution < -0.4 is 5.73 Å². The van der Waals surface area contributed by atoms with Crippen molar-refractivity contribution in [1.29, 1.82) is 0 Å². The van der Waals surface area contributed by atoms with Gasteiger partial charge in [0.25, 0.3) is 0 Å². The Morgan fingerprint density at radius 3 is 2.91 bits per heavy atom. The summed E-state index contributed by atoms with van der Waals surface area (Å²) in [5.41, 5.74) is 5.68. The van der Waals surface area contributed by atoms with Gasteiger partial charge in [-0.2, -0.15) is 4.91 Å². The number of rotatable bonds is 3. The minimum absolute atomic E-state index is 0.0350. The lowest BCUT2D eigenvalue weighted by atomic mass is 10.4. The first-order valence-corrected chi connectivity index (χ1v) is 3.06. The summed E-state index contributed by atoms with van der Waals surface area (Å²) in [6.07, 6.45) is 0. The van der Waals surface area contributed by atoms with Gasteiger partial charge in [0.15, 0.2) is 0 Å². The Hall–Kier alpha value is -1.58. The second-order valence-corrected chi connectivity index (χ2v) is 2.08. The lowest BCUT2D eigenvalue weighted by molar-refractivity contribution is 0.500. The highest BCUT2D eigenvalue weighted by atomic mass is 16.3. The van der Waals surface area contributed by atoms with Crippen LogP contribution in [0.1, 0.15) is 11.5 Å². The molecule has 0 spiro atoms. The number of furan rings is 1. The van der Waals surface area contributed by atoms with Crippen LogP contribution in [-0.2, 0) is 6.54 Å². The molecule has 2 N–H and O–H groups in total. The van der Waals surface area contributed by atoms with E-state index >= 15 is 0 Å². The van der Waals surface area contributed by atoms with Crippen molar-refractivity contribution >= 4 is 5.70 Å². The van der Waals surface area contributed by atoms with E-state index in [4.69, 9.17) is 10.2 Å². The van der Waals surface area contributed by atoms with Crippen LogP contribution >= 0.6 is 0 Å². The van der Waals surface area contributed by atoms with Crippen LogP contribution in [0.4, 0.5) is 0 Å². The van der Waals surface area contributed by atoms with Gasteiger partial charge in [-0.1, -0.05) is 11.8 Å². The molecule has 58 valence electrons. The molecule has 0 radical (unpaired) electrons. The van der Waals surface area contributed by atoms with Crippen LogP contribution in [-0.4, -0.2) is 0 Å². The van der Waals surface area contributed by atoms with Gasteiger partial charge < -0.3 is 10.2 Å². The summed E-state index contributed by atoms with van der Waals surface area (Å²) in [4.78, 5) is 9.79. The van der Waals surface area contributed by atoms with Gasteiger partial charge in [0.2, 0.25) is 0 Å². The Morgan fingerprint density at radius 1 is 1.73 bits per heavy atom. The molecule has 1 aromatic heterocycles. The molecule has 11 heavy (non-hydrogen) atoms. The van der Waals surface area contributed by atoms with Crippen molar-refractivity contribution in [2.45, 2.75) is 6.54 Å². The molecule has 0 aromatic carbocycles. The van der Waals surface area contributed by atoms with Crippen molar-refractivity contribution in [3.63, 3.8) is 0 Å². The number of hydrogen-bond acceptors (Lipinski definition) is 4. The Balaban J connectivity index is 2.81. The lowest BCUT2D eigenvalue weighted by Gasteiger charge is -1.90. The number of nitrogens with zero attached hydrogens (tertiary/aromatic N) is 1. The highest BCUT2D eigenvalue weighted by Gasteiger charge is 2.01. The maximum Gasteiger partial charge on any atom is 0.149 e. The fraction of sp³-hybridized carbons (Fsp3) is 0.143. The summed E-state index contributed by atoms with van der Waals surface area (Å²) >= 11 is 0. The van der Waals surface area contributed by atoms with Gasteiger partial charge in [0.05, 0.1) is 5.70 Å². The topological polar surface area (TPSA) is 68.6 Å². The Morgan fingerprint density at radius 2 is 2.45 bits per heavy atom. The maximum atomic E-state index is 9.79. The molecular formula is C7H8N2O2. The summed E-state index contributed by atoms with van der Waals surface area (Å²) in [5.74, 6) is 0.991. The molecule has 0 fully saturated rings. The summed E-state index contributed by atoms with van der Waals surface area (Å²) in [7, 11) is 0. The molecular weight excluding hydrogens is 144 g/mol. The average Bonchev–Trinajstić information content (AvgIpc) is 2.37. The number of nitroso groups, excluding NO2 is 1. The zero-order valence-corrected chi connectivity index (χ0v) is 5.91. The Bertz CT molecular complexity index is 278. The molecule has 0 aliphatic heterocycles. The van der Waals surface area contributed by atoms with E-state index in [1.807, 2.05) is 0 Å². The second-order valence-electron chi connectivity index (χ2n) is 2.08. The monoisotopic (exact) mass is 152 g/mol.